The summed E-state index contributed by atoms with van der Waals surface area (Å²) in [4.78, 5) is 26.1. The molecular weight excluding hydrogens is 328 g/mol. The zero-order valence-corrected chi connectivity index (χ0v) is 13.7. The zero-order chi connectivity index (χ0) is 16.8. The quantitative estimate of drug-likeness (QED) is 0.712. The molecule has 3 aromatic rings. The number of rotatable bonds is 1. The van der Waals surface area contributed by atoms with E-state index in [1.54, 1.807) is 35.4 Å². The Bertz CT molecular complexity index is 939. The Labute approximate surface area is 143 Å². The number of fused-ring (bicyclic) bond motifs is 2. The number of nitrogens with one attached hydrogen (secondary N) is 1. The van der Waals surface area contributed by atoms with E-state index in [0.29, 0.717) is 21.7 Å². The smallest absolute Gasteiger partial charge is 0.290 e. The summed E-state index contributed by atoms with van der Waals surface area (Å²) in [7, 11) is 0. The molecule has 7 heteroatoms. The Balaban J connectivity index is 1.73. The molecule has 0 unspecified atom stereocenters. The molecule has 0 bridgehead atoms. The fourth-order valence-electron chi connectivity index (χ4n) is 3.15. The molecule has 2 N–H and O–H groups in total. The van der Waals surface area contributed by atoms with Gasteiger partial charge < -0.3 is 15.0 Å². The lowest BCUT2D eigenvalue weighted by Gasteiger charge is -2.36. The minimum Gasteiger partial charge on any atom is -0.385 e. The van der Waals surface area contributed by atoms with Gasteiger partial charge >= 0.3 is 0 Å². The highest BCUT2D eigenvalue weighted by molar-refractivity contribution is 6.35. The maximum Gasteiger partial charge on any atom is 0.290 e. The fraction of sp³-hybridized carbons (Fsp3) is 0.235. The van der Waals surface area contributed by atoms with Crippen LogP contribution in [0.5, 0.6) is 0 Å². The molecule has 0 radical (unpaired) electrons. The van der Waals surface area contributed by atoms with E-state index >= 15 is 0 Å². The van der Waals surface area contributed by atoms with Crippen molar-refractivity contribution in [3.63, 3.8) is 0 Å². The van der Waals surface area contributed by atoms with Crippen LogP contribution in [-0.4, -0.2) is 37.4 Å². The Hall–Kier alpha value is -2.44. The van der Waals surface area contributed by atoms with Crippen molar-refractivity contribution in [2.45, 2.75) is 19.1 Å². The summed E-state index contributed by atoms with van der Waals surface area (Å²) >= 11 is 6.14. The van der Waals surface area contributed by atoms with Crippen molar-refractivity contribution in [2.24, 2.45) is 0 Å². The van der Waals surface area contributed by atoms with Crippen molar-refractivity contribution in [1.29, 1.82) is 0 Å². The molecule has 122 valence electrons. The minimum atomic E-state index is -0.811. The molecule has 0 saturated carbocycles. The third-order valence-electron chi connectivity index (χ3n) is 4.40. The van der Waals surface area contributed by atoms with Crippen molar-refractivity contribution in [2.75, 3.05) is 6.54 Å². The van der Waals surface area contributed by atoms with Crippen LogP contribution in [0.3, 0.4) is 0 Å². The zero-order valence-electron chi connectivity index (χ0n) is 12.9. The van der Waals surface area contributed by atoms with Crippen LogP contribution in [0.2, 0.25) is 5.02 Å². The van der Waals surface area contributed by atoms with Gasteiger partial charge in [0, 0.05) is 6.20 Å². The van der Waals surface area contributed by atoms with Gasteiger partial charge in [0.1, 0.15) is 6.10 Å². The van der Waals surface area contributed by atoms with Crippen molar-refractivity contribution in [3.05, 3.63) is 58.6 Å². The number of amides is 1. The van der Waals surface area contributed by atoms with Crippen molar-refractivity contribution in [1.82, 2.24) is 19.9 Å². The number of imidazole rings is 1. The molecule has 1 aliphatic rings. The molecule has 0 saturated heterocycles. The van der Waals surface area contributed by atoms with Gasteiger partial charge in [-0.15, -0.1) is 0 Å². The van der Waals surface area contributed by atoms with Crippen LogP contribution in [0.15, 0.2) is 36.5 Å². The number of benzene rings is 1. The Morgan fingerprint density at radius 1 is 1.38 bits per heavy atom. The number of pyridine rings is 1. The summed E-state index contributed by atoms with van der Waals surface area (Å²) in [5, 5.41) is 10.8. The molecule has 24 heavy (non-hydrogen) atoms. The number of hydrogen-bond donors (Lipinski definition) is 2. The van der Waals surface area contributed by atoms with Gasteiger partial charge in [-0.1, -0.05) is 23.7 Å². The van der Waals surface area contributed by atoms with E-state index in [2.05, 4.69) is 15.0 Å². The second-order valence-electron chi connectivity index (χ2n) is 5.85. The number of aromatic nitrogens is 3. The normalized spacial score (nSPS) is 20.2. The molecule has 1 aromatic carbocycles. The van der Waals surface area contributed by atoms with E-state index in [4.69, 9.17) is 11.6 Å². The average Bonchev–Trinajstić information content (AvgIpc) is 3.03. The van der Waals surface area contributed by atoms with Gasteiger partial charge in [0.05, 0.1) is 34.3 Å². The summed E-state index contributed by atoms with van der Waals surface area (Å²) in [6.45, 7) is 2.09. The lowest BCUT2D eigenvalue weighted by atomic mass is 9.96. The van der Waals surface area contributed by atoms with Crippen molar-refractivity contribution in [3.8, 4) is 0 Å². The first-order valence-electron chi connectivity index (χ1n) is 7.64. The number of aliphatic hydroxyl groups is 1. The summed E-state index contributed by atoms with van der Waals surface area (Å²) in [5.41, 5.74) is 2.74. The van der Waals surface area contributed by atoms with Crippen LogP contribution >= 0.6 is 11.6 Å². The predicted molar refractivity (Wildman–Crippen MR) is 89.8 cm³/mol. The molecule has 1 aliphatic heterocycles. The van der Waals surface area contributed by atoms with Gasteiger partial charge in [0.15, 0.2) is 5.82 Å². The van der Waals surface area contributed by atoms with Crippen LogP contribution in [0.1, 0.15) is 40.9 Å². The average molecular weight is 343 g/mol. The van der Waals surface area contributed by atoms with Gasteiger partial charge in [-0.3, -0.25) is 9.78 Å². The number of β-amino-alcohol motifs (C(OH)–C–C–N with tert-alkyl or cyclic N) is 1. The largest absolute Gasteiger partial charge is 0.385 e. The fourth-order valence-corrected chi connectivity index (χ4v) is 3.37. The second kappa shape index (κ2) is 5.58. The summed E-state index contributed by atoms with van der Waals surface area (Å²) in [6.07, 6.45) is 0.836. The van der Waals surface area contributed by atoms with Crippen LogP contribution in [0, 0.1) is 0 Å². The number of hydrogen-bond acceptors (Lipinski definition) is 4. The molecule has 0 spiro atoms. The first-order valence-corrected chi connectivity index (χ1v) is 8.02. The van der Waals surface area contributed by atoms with E-state index < -0.39 is 6.10 Å². The molecule has 0 aliphatic carbocycles. The SMILES string of the molecule is C[C@@H]1c2cccnc2[C@@H](O)CN1C(=O)c1nc2cccc(Cl)c2[nH]1. The number of carbonyl (C=O) groups excluding carboxylic acids is 1. The predicted octanol–water partition coefficient (Wildman–Crippen LogP) is 2.86. The Morgan fingerprint density at radius 3 is 3.00 bits per heavy atom. The number of halogens is 1. The third-order valence-corrected chi connectivity index (χ3v) is 4.72. The molecule has 1 amide bonds. The number of aliphatic hydroxyl groups excluding tert-OH is 1. The van der Waals surface area contributed by atoms with Crippen LogP contribution in [0.25, 0.3) is 11.0 Å². The Morgan fingerprint density at radius 2 is 2.21 bits per heavy atom. The number of nitrogens with zero attached hydrogens (tertiary/aromatic N) is 3. The first kappa shape index (κ1) is 15.1. The monoisotopic (exact) mass is 342 g/mol. The van der Waals surface area contributed by atoms with E-state index in [-0.39, 0.29) is 24.3 Å². The summed E-state index contributed by atoms with van der Waals surface area (Å²) in [5.74, 6) is -0.0622. The topological polar surface area (TPSA) is 82.1 Å². The molecule has 0 fully saturated rings. The van der Waals surface area contributed by atoms with Crippen molar-refractivity contribution >= 4 is 28.5 Å². The van der Waals surface area contributed by atoms with Crippen LogP contribution in [0.4, 0.5) is 0 Å². The highest BCUT2D eigenvalue weighted by Crippen LogP contribution is 2.34. The molecule has 3 heterocycles. The minimum absolute atomic E-state index is 0.175. The molecule has 4 rings (SSSR count). The number of H-pyrrole nitrogens is 1. The van der Waals surface area contributed by atoms with Gasteiger partial charge in [0.2, 0.25) is 0 Å². The van der Waals surface area contributed by atoms with E-state index in [1.807, 2.05) is 13.0 Å². The summed E-state index contributed by atoms with van der Waals surface area (Å²) in [6, 6.07) is 8.80. The molecule has 2 atom stereocenters. The number of carbonyl (C=O) groups is 1. The van der Waals surface area contributed by atoms with Crippen molar-refractivity contribution < 1.29 is 9.90 Å². The van der Waals surface area contributed by atoms with Gasteiger partial charge in [0.25, 0.3) is 5.91 Å². The van der Waals surface area contributed by atoms with Gasteiger partial charge in [-0.05, 0) is 30.7 Å². The molecule has 6 nitrogen and oxygen atoms in total. The van der Waals surface area contributed by atoms with E-state index in [9.17, 15) is 9.90 Å². The molecule has 2 aromatic heterocycles. The van der Waals surface area contributed by atoms with Gasteiger partial charge in [-0.2, -0.15) is 0 Å². The van der Waals surface area contributed by atoms with Crippen LogP contribution in [-0.2, 0) is 0 Å². The third kappa shape index (κ3) is 2.26. The second-order valence-corrected chi connectivity index (χ2v) is 6.25. The highest BCUT2D eigenvalue weighted by atomic mass is 35.5. The lowest BCUT2D eigenvalue weighted by molar-refractivity contribution is 0.0432. The molecular formula is C17H15ClN4O2. The standard InChI is InChI=1S/C17H15ClN4O2/c1-9-10-4-3-7-19-14(10)13(23)8-22(9)17(24)16-20-12-6-2-5-11(18)15(12)21-16/h2-7,9,13,23H,8H2,1H3,(H,20,21)/t9-,13+/m1/s1. The Kier molecular flexibility index (Phi) is 3.51. The first-order chi connectivity index (χ1) is 11.6. The lowest BCUT2D eigenvalue weighted by Crippen LogP contribution is -2.41. The van der Waals surface area contributed by atoms with Crippen LogP contribution < -0.4 is 0 Å². The highest BCUT2D eigenvalue weighted by Gasteiger charge is 2.34. The maximum absolute atomic E-state index is 12.9. The number of aromatic amines is 1. The van der Waals surface area contributed by atoms with E-state index in [0.717, 1.165) is 5.56 Å². The number of para-hydroxylation sites is 1. The summed E-state index contributed by atoms with van der Waals surface area (Å²) < 4.78 is 0. The maximum atomic E-state index is 12.9. The van der Waals surface area contributed by atoms with E-state index in [1.165, 1.54) is 0 Å². The van der Waals surface area contributed by atoms with Gasteiger partial charge in [-0.25, -0.2) is 4.98 Å².